The summed E-state index contributed by atoms with van der Waals surface area (Å²) in [5.74, 6) is 2.19. The van der Waals surface area contributed by atoms with Gasteiger partial charge in [0.05, 0.1) is 0 Å². The number of benzene rings is 6. The van der Waals surface area contributed by atoms with Crippen LogP contribution < -0.4 is 0 Å². The molecule has 0 amide bonds. The molecule has 9 rings (SSSR count). The molecule has 2 radical (unpaired) electrons. The fourth-order valence-electron chi connectivity index (χ4n) is 9.06. The first kappa shape index (κ1) is 40.1. The number of rotatable bonds is 7. The van der Waals surface area contributed by atoms with Gasteiger partial charge in [0.25, 0.3) is 0 Å². The van der Waals surface area contributed by atoms with Crippen molar-refractivity contribution in [3.63, 3.8) is 0 Å². The molecule has 1 saturated heterocycles. The minimum atomic E-state index is 0. The summed E-state index contributed by atoms with van der Waals surface area (Å²) in [6, 6.07) is 52.7. The van der Waals surface area contributed by atoms with Gasteiger partial charge in [-0.1, -0.05) is 207 Å². The molecule has 54 heavy (non-hydrogen) atoms. The van der Waals surface area contributed by atoms with Gasteiger partial charge in [0.15, 0.2) is 0 Å². The van der Waals surface area contributed by atoms with Gasteiger partial charge in [-0.15, -0.1) is 11.8 Å². The van der Waals surface area contributed by atoms with Crippen LogP contribution in [0.25, 0.3) is 32.7 Å². The van der Waals surface area contributed by atoms with Gasteiger partial charge in [-0.3, -0.25) is 5.92 Å². The molecule has 1 aliphatic heterocycles. The molecule has 0 bridgehead atoms. The van der Waals surface area contributed by atoms with E-state index in [1.54, 1.807) is 5.92 Å². The van der Waals surface area contributed by atoms with Crippen LogP contribution in [0.15, 0.2) is 145 Å². The summed E-state index contributed by atoms with van der Waals surface area (Å²) in [5, 5.41) is 5.26. The van der Waals surface area contributed by atoms with E-state index in [0.29, 0.717) is 0 Å². The first-order valence-corrected chi connectivity index (χ1v) is 21.4. The maximum absolute atomic E-state index is 3.60. The monoisotopic (exact) mass is 796 g/mol. The zero-order valence-corrected chi connectivity index (χ0v) is 36.2. The van der Waals surface area contributed by atoms with Crippen LogP contribution in [0, 0.1) is 12.8 Å². The molecule has 2 heteroatoms. The molecular formula is C52H54SiZr. The van der Waals surface area contributed by atoms with Crippen LogP contribution >= 0.6 is 0 Å². The molecule has 0 spiro atoms. The molecule has 6 aromatic carbocycles. The van der Waals surface area contributed by atoms with Crippen molar-refractivity contribution >= 4 is 42.2 Å². The number of unbranched alkanes of at least 4 members (excludes halogenated alkanes) is 1. The molecule has 2 aliphatic carbocycles. The Labute approximate surface area is 347 Å². The molecule has 0 saturated carbocycles. The summed E-state index contributed by atoms with van der Waals surface area (Å²) in [4.78, 5) is 0. The van der Waals surface area contributed by atoms with Crippen molar-refractivity contribution in [2.75, 3.05) is 0 Å². The van der Waals surface area contributed by atoms with Gasteiger partial charge >= 0.3 is 26.2 Å². The van der Waals surface area contributed by atoms with Crippen LogP contribution in [0.2, 0.25) is 12.1 Å². The molecule has 3 aliphatic rings. The average Bonchev–Trinajstić information content (AvgIpc) is 3.95. The number of allylic oxidation sites excluding steroid dienone is 2. The summed E-state index contributed by atoms with van der Waals surface area (Å²) in [6.07, 6.45) is 7.52. The first-order chi connectivity index (χ1) is 26.1. The van der Waals surface area contributed by atoms with Crippen LogP contribution in [-0.4, -0.2) is 9.52 Å². The Morgan fingerprint density at radius 2 is 0.926 bits per heavy atom. The molecule has 1 fully saturated rings. The Morgan fingerprint density at radius 1 is 0.537 bits per heavy atom. The van der Waals surface area contributed by atoms with Crippen LogP contribution in [0.1, 0.15) is 111 Å². The SMILES string of the molecule is C1CC[Si]C1.CCC[C-](C1C(C)=C(c2cccc3ccccc23)c2ccccc21)C1C(C)=C(c2cccc3ccccc23)c2ccccc21.[CH2-]CCC.[Zr+2]. The van der Waals surface area contributed by atoms with Gasteiger partial charge in [0.2, 0.25) is 0 Å². The van der Waals surface area contributed by atoms with E-state index in [1.807, 2.05) is 0 Å². The number of fused-ring (bicyclic) bond motifs is 4. The van der Waals surface area contributed by atoms with Crippen molar-refractivity contribution in [3.8, 4) is 0 Å². The fraction of sp³-hybridized carbons (Fsp3) is 0.269. The molecule has 0 nitrogen and oxygen atoms in total. The summed E-state index contributed by atoms with van der Waals surface area (Å²) >= 11 is 0. The van der Waals surface area contributed by atoms with Gasteiger partial charge in [-0.2, -0.15) is 12.8 Å². The summed E-state index contributed by atoms with van der Waals surface area (Å²) in [6.45, 7) is 12.9. The second-order valence-corrected chi connectivity index (χ2v) is 16.3. The van der Waals surface area contributed by atoms with Gasteiger partial charge in [0.1, 0.15) is 0 Å². The van der Waals surface area contributed by atoms with E-state index < -0.39 is 0 Å². The molecular weight excluding hydrogens is 744 g/mol. The van der Waals surface area contributed by atoms with E-state index >= 15 is 0 Å². The minimum absolute atomic E-state index is 0. The Hall–Kier alpha value is -3.58. The van der Waals surface area contributed by atoms with Gasteiger partial charge < -0.3 is 6.92 Å². The molecule has 1 heterocycles. The Balaban J connectivity index is 0.000000444. The number of hydrogen-bond acceptors (Lipinski definition) is 0. The molecule has 0 aromatic heterocycles. The Bertz CT molecular complexity index is 2080. The van der Waals surface area contributed by atoms with Crippen LogP contribution in [-0.2, 0) is 26.2 Å². The second kappa shape index (κ2) is 18.8. The van der Waals surface area contributed by atoms with Crippen LogP contribution in [0.5, 0.6) is 0 Å². The van der Waals surface area contributed by atoms with E-state index in [1.165, 1.54) is 118 Å². The quantitative estimate of drug-likeness (QED) is 0.111. The van der Waals surface area contributed by atoms with Crippen molar-refractivity contribution in [2.45, 2.75) is 90.1 Å². The predicted octanol–water partition coefficient (Wildman–Crippen LogP) is 14.8. The third kappa shape index (κ3) is 7.90. The zero-order chi connectivity index (χ0) is 36.7. The van der Waals surface area contributed by atoms with E-state index in [-0.39, 0.29) is 38.0 Å². The standard InChI is InChI=1S/C44H37.C4H8Si.C4H9.Zr/c1-4-15-40(43-28(2)41(36-22-9-11-24-38(36)43)34-26-13-18-30-16-5-7-20-32(30)34)44-29(3)42(37-23-10-12-25-39(37)44)35-27-14-19-31-17-6-8-21-33(31)35;1-2-4-5-3-1;1-3-4-2;/h5-14,16-27,43-44H,4,15H2,1-3H3;1-4H2;1,3-4H2,2H3;/q-1;;-1;+2. The van der Waals surface area contributed by atoms with Crippen LogP contribution in [0.4, 0.5) is 0 Å². The smallest absolute Gasteiger partial charge is 0.343 e. The van der Waals surface area contributed by atoms with Crippen molar-refractivity contribution in [1.82, 2.24) is 0 Å². The third-order valence-corrected chi connectivity index (χ3v) is 12.9. The van der Waals surface area contributed by atoms with Crippen molar-refractivity contribution in [2.24, 2.45) is 0 Å². The van der Waals surface area contributed by atoms with Crippen molar-refractivity contribution < 1.29 is 26.2 Å². The summed E-state index contributed by atoms with van der Waals surface area (Å²) in [7, 11) is 1.31. The molecule has 270 valence electrons. The van der Waals surface area contributed by atoms with Gasteiger partial charge in [-0.25, -0.2) is 0 Å². The third-order valence-electron chi connectivity index (χ3n) is 11.4. The summed E-state index contributed by atoms with van der Waals surface area (Å²) in [5.41, 5.74) is 14.2. The molecule has 2 unspecified atom stereocenters. The van der Waals surface area contributed by atoms with E-state index in [0.717, 1.165) is 19.3 Å². The van der Waals surface area contributed by atoms with Crippen molar-refractivity contribution in [1.29, 1.82) is 0 Å². The van der Waals surface area contributed by atoms with Gasteiger partial charge in [0, 0.05) is 9.52 Å². The Morgan fingerprint density at radius 3 is 1.33 bits per heavy atom. The predicted molar refractivity (Wildman–Crippen MR) is 233 cm³/mol. The zero-order valence-electron chi connectivity index (χ0n) is 32.7. The molecule has 2 atom stereocenters. The van der Waals surface area contributed by atoms with Gasteiger partial charge in [-0.05, 0) is 68.8 Å². The Kier molecular flexibility index (Phi) is 14.0. The second-order valence-electron chi connectivity index (χ2n) is 14.8. The fourth-order valence-corrected chi connectivity index (χ4v) is 10.3. The minimum Gasteiger partial charge on any atom is -0.343 e. The normalized spacial score (nSPS) is 17.1. The molecule has 6 aromatic rings. The number of hydrogen-bond donors (Lipinski definition) is 0. The summed E-state index contributed by atoms with van der Waals surface area (Å²) < 4.78 is 0. The first-order valence-electron chi connectivity index (χ1n) is 20.0. The van der Waals surface area contributed by atoms with E-state index in [2.05, 4.69) is 168 Å². The van der Waals surface area contributed by atoms with Crippen molar-refractivity contribution in [3.05, 3.63) is 191 Å². The van der Waals surface area contributed by atoms with E-state index in [9.17, 15) is 0 Å². The maximum atomic E-state index is 3.60. The molecule has 0 N–H and O–H groups in total. The maximum Gasteiger partial charge on any atom is 2.00 e. The largest absolute Gasteiger partial charge is 2.00 e. The van der Waals surface area contributed by atoms with E-state index in [4.69, 9.17) is 0 Å². The topological polar surface area (TPSA) is 0 Å². The van der Waals surface area contributed by atoms with Crippen LogP contribution in [0.3, 0.4) is 0 Å². The average molecular weight is 798 g/mol.